The van der Waals surface area contributed by atoms with Crippen molar-refractivity contribution in [2.24, 2.45) is 12.8 Å². The third-order valence-electron chi connectivity index (χ3n) is 2.50. The van der Waals surface area contributed by atoms with E-state index >= 15 is 0 Å². The van der Waals surface area contributed by atoms with Crippen molar-refractivity contribution < 1.29 is 4.74 Å². The van der Waals surface area contributed by atoms with Gasteiger partial charge in [0.1, 0.15) is 0 Å². The van der Waals surface area contributed by atoms with Gasteiger partial charge in [-0.3, -0.25) is 0 Å². The summed E-state index contributed by atoms with van der Waals surface area (Å²) in [5.41, 5.74) is 8.87. The summed E-state index contributed by atoms with van der Waals surface area (Å²) in [4.78, 5) is 0. The molecule has 0 amide bonds. The van der Waals surface area contributed by atoms with Crippen LogP contribution in [0.5, 0.6) is 5.88 Å². The minimum Gasteiger partial charge on any atom is -0.481 e. The molecule has 0 saturated heterocycles. The van der Waals surface area contributed by atoms with Gasteiger partial charge in [0.2, 0.25) is 5.88 Å². The smallest absolute Gasteiger partial charge is 0.218 e. The molecule has 0 aliphatic heterocycles. The van der Waals surface area contributed by atoms with Gasteiger partial charge in [-0.25, -0.2) is 4.68 Å². The minimum absolute atomic E-state index is 0.0503. The molecular weight excluding hydrogens is 190 g/mol. The monoisotopic (exact) mass is 209 g/mol. The first-order valence-corrected chi connectivity index (χ1v) is 4.98. The molecule has 1 aromatic rings. The molecule has 1 heterocycles. The van der Waals surface area contributed by atoms with Crippen LogP contribution in [0.4, 0.5) is 0 Å². The minimum atomic E-state index is 0.0503. The highest BCUT2D eigenvalue weighted by Crippen LogP contribution is 2.24. The van der Waals surface area contributed by atoms with Crippen LogP contribution in [0.3, 0.4) is 0 Å². The fourth-order valence-corrected chi connectivity index (χ4v) is 1.42. The lowest BCUT2D eigenvalue weighted by atomic mass is 10.1. The van der Waals surface area contributed by atoms with Crippen LogP contribution in [-0.2, 0) is 7.05 Å². The molecule has 0 bridgehead atoms. The summed E-state index contributed by atoms with van der Waals surface area (Å²) in [6.45, 7) is 5.93. The molecule has 84 valence electrons. The molecular formula is C11H19N3O. The maximum atomic E-state index is 5.80. The number of nitrogens with zero attached hydrogens (tertiary/aromatic N) is 2. The molecule has 0 spiro atoms. The van der Waals surface area contributed by atoms with E-state index in [1.54, 1.807) is 11.8 Å². The molecule has 4 heteroatoms. The van der Waals surface area contributed by atoms with Gasteiger partial charge in [-0.2, -0.15) is 5.10 Å². The van der Waals surface area contributed by atoms with Gasteiger partial charge in [0, 0.05) is 13.1 Å². The fraction of sp³-hybridized carbons (Fsp3) is 0.545. The second-order valence-electron chi connectivity index (χ2n) is 3.81. The Labute approximate surface area is 90.7 Å². The highest BCUT2D eigenvalue weighted by molar-refractivity contribution is 5.60. The molecule has 4 nitrogen and oxygen atoms in total. The number of methoxy groups -OCH3 is 1. The van der Waals surface area contributed by atoms with Crippen molar-refractivity contribution in [3.05, 3.63) is 16.8 Å². The highest BCUT2D eigenvalue weighted by Gasteiger charge is 2.12. The summed E-state index contributed by atoms with van der Waals surface area (Å²) in [6, 6.07) is 0.0503. The Hall–Kier alpha value is -1.29. The SMILES string of the molecule is COc1c(/C=C(/C)C(C)N)c(C)nn1C. The quantitative estimate of drug-likeness (QED) is 0.820. The lowest BCUT2D eigenvalue weighted by Crippen LogP contribution is -2.15. The van der Waals surface area contributed by atoms with E-state index in [1.807, 2.05) is 33.9 Å². The maximum Gasteiger partial charge on any atom is 0.218 e. The van der Waals surface area contributed by atoms with E-state index in [2.05, 4.69) is 5.10 Å². The van der Waals surface area contributed by atoms with Crippen molar-refractivity contribution in [3.63, 3.8) is 0 Å². The van der Waals surface area contributed by atoms with Gasteiger partial charge in [0.25, 0.3) is 0 Å². The van der Waals surface area contributed by atoms with E-state index < -0.39 is 0 Å². The molecule has 1 atom stereocenters. The third-order valence-corrected chi connectivity index (χ3v) is 2.50. The second-order valence-corrected chi connectivity index (χ2v) is 3.81. The molecule has 0 aliphatic carbocycles. The third kappa shape index (κ3) is 2.39. The topological polar surface area (TPSA) is 53.1 Å². The van der Waals surface area contributed by atoms with Crippen LogP contribution in [-0.4, -0.2) is 22.9 Å². The number of aromatic nitrogens is 2. The van der Waals surface area contributed by atoms with Crippen molar-refractivity contribution in [2.45, 2.75) is 26.8 Å². The second kappa shape index (κ2) is 4.49. The zero-order valence-electron chi connectivity index (χ0n) is 10.0. The summed E-state index contributed by atoms with van der Waals surface area (Å²) in [7, 11) is 3.51. The Bertz CT molecular complexity index is 377. The average molecular weight is 209 g/mol. The van der Waals surface area contributed by atoms with Crippen LogP contribution in [0.15, 0.2) is 5.57 Å². The van der Waals surface area contributed by atoms with Crippen LogP contribution in [0.25, 0.3) is 6.08 Å². The van der Waals surface area contributed by atoms with Crippen molar-refractivity contribution in [3.8, 4) is 5.88 Å². The lowest BCUT2D eigenvalue weighted by molar-refractivity contribution is 0.372. The van der Waals surface area contributed by atoms with E-state index in [-0.39, 0.29) is 6.04 Å². The highest BCUT2D eigenvalue weighted by atomic mass is 16.5. The number of hydrogen-bond acceptors (Lipinski definition) is 3. The number of nitrogens with two attached hydrogens (primary N) is 1. The maximum absolute atomic E-state index is 5.80. The van der Waals surface area contributed by atoms with E-state index in [1.165, 1.54) is 0 Å². The number of hydrogen-bond donors (Lipinski definition) is 1. The summed E-state index contributed by atoms with van der Waals surface area (Å²) < 4.78 is 7.02. The van der Waals surface area contributed by atoms with Crippen molar-refractivity contribution in [2.75, 3.05) is 7.11 Å². The van der Waals surface area contributed by atoms with Gasteiger partial charge < -0.3 is 10.5 Å². The largest absolute Gasteiger partial charge is 0.481 e. The number of rotatable bonds is 3. The van der Waals surface area contributed by atoms with E-state index in [4.69, 9.17) is 10.5 Å². The molecule has 0 aromatic carbocycles. The summed E-state index contributed by atoms with van der Waals surface area (Å²) in [5.74, 6) is 0.771. The van der Waals surface area contributed by atoms with Crippen molar-refractivity contribution in [1.82, 2.24) is 9.78 Å². The van der Waals surface area contributed by atoms with Crippen molar-refractivity contribution in [1.29, 1.82) is 0 Å². The van der Waals surface area contributed by atoms with Crippen LogP contribution in [0, 0.1) is 6.92 Å². The predicted molar refractivity (Wildman–Crippen MR) is 61.8 cm³/mol. The van der Waals surface area contributed by atoms with Gasteiger partial charge in [0.05, 0.1) is 18.4 Å². The van der Waals surface area contributed by atoms with Crippen molar-refractivity contribution >= 4 is 6.08 Å². The average Bonchev–Trinajstić information content (AvgIpc) is 2.41. The van der Waals surface area contributed by atoms with Gasteiger partial charge >= 0.3 is 0 Å². The summed E-state index contributed by atoms with van der Waals surface area (Å²) in [5, 5.41) is 4.30. The Morgan fingerprint density at radius 2 is 2.20 bits per heavy atom. The molecule has 1 aromatic heterocycles. The molecule has 2 N–H and O–H groups in total. The van der Waals surface area contributed by atoms with Gasteiger partial charge in [-0.1, -0.05) is 5.57 Å². The standard InChI is InChI=1S/C11H19N3O/c1-7(8(2)12)6-10-9(3)13-14(4)11(10)15-5/h6,8H,12H2,1-5H3/b7-6-. The fourth-order valence-electron chi connectivity index (χ4n) is 1.42. The Morgan fingerprint density at radius 1 is 1.60 bits per heavy atom. The first kappa shape index (κ1) is 11.8. The zero-order chi connectivity index (χ0) is 11.6. The Morgan fingerprint density at radius 3 is 2.67 bits per heavy atom. The van der Waals surface area contributed by atoms with Crippen LogP contribution in [0.2, 0.25) is 0 Å². The molecule has 1 rings (SSSR count). The molecule has 0 fully saturated rings. The molecule has 0 aliphatic rings. The first-order valence-electron chi connectivity index (χ1n) is 4.98. The Balaban J connectivity index is 3.19. The normalized spacial score (nSPS) is 14.1. The number of aryl methyl sites for hydroxylation is 2. The Kier molecular flexibility index (Phi) is 3.52. The van der Waals surface area contributed by atoms with E-state index in [0.717, 1.165) is 22.7 Å². The number of ether oxygens (including phenoxy) is 1. The van der Waals surface area contributed by atoms with Crippen LogP contribution in [0.1, 0.15) is 25.1 Å². The van der Waals surface area contributed by atoms with Gasteiger partial charge in [-0.15, -0.1) is 0 Å². The lowest BCUT2D eigenvalue weighted by Gasteiger charge is -2.06. The first-order chi connectivity index (χ1) is 6.97. The predicted octanol–water partition coefficient (Wildman–Crippen LogP) is 1.49. The summed E-state index contributed by atoms with van der Waals surface area (Å²) in [6.07, 6.45) is 2.03. The van der Waals surface area contributed by atoms with E-state index in [0.29, 0.717) is 0 Å². The molecule has 15 heavy (non-hydrogen) atoms. The zero-order valence-corrected chi connectivity index (χ0v) is 10.0. The molecule has 0 saturated carbocycles. The van der Waals surface area contributed by atoms with Crippen LogP contribution >= 0.6 is 0 Å². The summed E-state index contributed by atoms with van der Waals surface area (Å²) >= 11 is 0. The van der Waals surface area contributed by atoms with Crippen LogP contribution < -0.4 is 10.5 Å². The molecule has 0 radical (unpaired) electrons. The van der Waals surface area contributed by atoms with Gasteiger partial charge in [-0.05, 0) is 26.8 Å². The van der Waals surface area contributed by atoms with Gasteiger partial charge in [0.15, 0.2) is 0 Å². The molecule has 1 unspecified atom stereocenters. The van der Waals surface area contributed by atoms with E-state index in [9.17, 15) is 0 Å².